The van der Waals surface area contributed by atoms with E-state index in [1.165, 1.54) is 84.9 Å². The van der Waals surface area contributed by atoms with Crippen molar-refractivity contribution in [3.63, 3.8) is 0 Å². The fourth-order valence-electron chi connectivity index (χ4n) is 5.35. The van der Waals surface area contributed by atoms with Gasteiger partial charge in [0.05, 0.1) is 27.8 Å². The van der Waals surface area contributed by atoms with Gasteiger partial charge in [0.25, 0.3) is 0 Å². The molecule has 5 rings (SSSR count). The number of amidine groups is 1. The van der Waals surface area contributed by atoms with E-state index >= 15 is 0 Å². The van der Waals surface area contributed by atoms with Gasteiger partial charge in [-0.05, 0) is 60.7 Å². The normalized spacial score (nSPS) is 13.0. The lowest BCUT2D eigenvalue weighted by atomic mass is 10.00. The molecule has 0 fully saturated rings. The van der Waals surface area contributed by atoms with Crippen molar-refractivity contribution in [3.8, 4) is 0 Å². The van der Waals surface area contributed by atoms with Gasteiger partial charge in [0.15, 0.2) is 24.1 Å². The van der Waals surface area contributed by atoms with E-state index in [0.717, 1.165) is 6.92 Å². The second kappa shape index (κ2) is 20.2. The molecular weight excluding hydrogens is 736 g/mol. The van der Waals surface area contributed by atoms with Crippen molar-refractivity contribution in [1.82, 2.24) is 5.32 Å². The van der Waals surface area contributed by atoms with Gasteiger partial charge in [-0.15, -0.1) is 0 Å². The number of nitrogens with zero attached hydrogens (tertiary/aromatic N) is 1. The molecule has 2 N–H and O–H groups in total. The lowest BCUT2D eigenvalue weighted by Gasteiger charge is -2.36. The highest BCUT2D eigenvalue weighted by molar-refractivity contribution is 6.02. The Morgan fingerprint density at radius 1 is 0.491 bits per heavy atom. The van der Waals surface area contributed by atoms with Gasteiger partial charge in [-0.25, -0.2) is 24.0 Å². The SMILES string of the molecule is CC(=O)N/C(=N/O)[C@@H](OC(=O)c1ccccc1)[C@@H](OC(=O)c1ccccc1)[C@H](OC(=O)c1ccccc1)[C@@H](COC(=O)c1ccccc1)OC(=O)c1ccccc1. The maximum atomic E-state index is 14.0. The van der Waals surface area contributed by atoms with Crippen LogP contribution in [0.2, 0.25) is 0 Å². The van der Waals surface area contributed by atoms with E-state index in [1.807, 2.05) is 0 Å². The predicted octanol–water partition coefficient (Wildman–Crippen LogP) is 5.67. The Hall–Kier alpha value is -7.61. The summed E-state index contributed by atoms with van der Waals surface area (Å²) in [6, 6.07) is 38.1. The van der Waals surface area contributed by atoms with Crippen LogP contribution in [0.15, 0.2) is 157 Å². The fourth-order valence-corrected chi connectivity index (χ4v) is 5.35. The van der Waals surface area contributed by atoms with Gasteiger partial charge < -0.3 is 34.2 Å². The quantitative estimate of drug-likeness (QED) is 0.0331. The standard InChI is InChI=1S/C43H36N2O12/c1-28(46)44-38(45-52)37(57-43(51)33-25-15-6-16-26-33)36(56-42(50)32-23-13-5-14-24-32)35(55-41(49)31-21-11-4-12-22-31)34(54-40(48)30-19-9-3-10-20-30)27-53-39(47)29-17-7-2-8-18-29/h2-26,34-37,52H,27H2,1H3,(H,44,45,46)/t34-,35-,36+,37+/m1/s1. The highest BCUT2D eigenvalue weighted by Crippen LogP contribution is 2.25. The molecule has 0 heterocycles. The Balaban J connectivity index is 1.70. The average Bonchev–Trinajstić information content (AvgIpc) is 3.25. The molecule has 5 aromatic carbocycles. The Morgan fingerprint density at radius 2 is 0.825 bits per heavy atom. The lowest BCUT2D eigenvalue weighted by Crippen LogP contribution is -2.58. The van der Waals surface area contributed by atoms with Crippen LogP contribution in [0.25, 0.3) is 0 Å². The van der Waals surface area contributed by atoms with Gasteiger partial charge in [0, 0.05) is 6.92 Å². The van der Waals surface area contributed by atoms with E-state index < -0.39 is 72.6 Å². The first-order valence-electron chi connectivity index (χ1n) is 17.4. The van der Waals surface area contributed by atoms with Crippen LogP contribution in [-0.2, 0) is 28.5 Å². The number of carbonyl (C=O) groups excluding carboxylic acids is 6. The zero-order valence-electron chi connectivity index (χ0n) is 30.3. The van der Waals surface area contributed by atoms with Crippen molar-refractivity contribution < 1.29 is 57.7 Å². The van der Waals surface area contributed by atoms with Crippen LogP contribution in [0.3, 0.4) is 0 Å². The van der Waals surface area contributed by atoms with Crippen LogP contribution < -0.4 is 5.32 Å². The van der Waals surface area contributed by atoms with Gasteiger partial charge in [-0.2, -0.15) is 0 Å². The molecule has 57 heavy (non-hydrogen) atoms. The molecule has 0 unspecified atom stereocenters. The monoisotopic (exact) mass is 772 g/mol. The Kier molecular flexibility index (Phi) is 14.4. The van der Waals surface area contributed by atoms with Crippen LogP contribution in [0.5, 0.6) is 0 Å². The Labute approximate surface area is 326 Å². The summed E-state index contributed by atoms with van der Waals surface area (Å²) in [5, 5.41) is 15.7. The first-order chi connectivity index (χ1) is 27.6. The molecule has 5 aromatic rings. The largest absolute Gasteiger partial charge is 0.458 e. The van der Waals surface area contributed by atoms with E-state index in [2.05, 4.69) is 10.5 Å². The number of ether oxygens (including phenoxy) is 5. The third-order valence-corrected chi connectivity index (χ3v) is 8.07. The number of rotatable bonds is 15. The van der Waals surface area contributed by atoms with Crippen molar-refractivity contribution >= 4 is 41.6 Å². The molecule has 1 amide bonds. The number of carbonyl (C=O) groups is 6. The van der Waals surface area contributed by atoms with Crippen molar-refractivity contribution in [3.05, 3.63) is 179 Å². The van der Waals surface area contributed by atoms with Crippen molar-refractivity contribution in [2.75, 3.05) is 6.61 Å². The number of nitrogens with one attached hydrogen (secondary N) is 1. The van der Waals surface area contributed by atoms with Gasteiger partial charge >= 0.3 is 29.8 Å². The van der Waals surface area contributed by atoms with Crippen LogP contribution in [0.1, 0.15) is 58.7 Å². The van der Waals surface area contributed by atoms with E-state index in [-0.39, 0.29) is 27.8 Å². The smallest absolute Gasteiger partial charge is 0.338 e. The molecule has 0 spiro atoms. The number of esters is 5. The number of amides is 1. The molecule has 290 valence electrons. The topological polar surface area (TPSA) is 193 Å². The van der Waals surface area contributed by atoms with E-state index in [0.29, 0.717) is 0 Å². The maximum absolute atomic E-state index is 14.0. The minimum atomic E-state index is -2.11. The molecule has 14 heteroatoms. The zero-order chi connectivity index (χ0) is 40.6. The Bertz CT molecular complexity index is 2170. The second-order valence-corrected chi connectivity index (χ2v) is 12.1. The van der Waals surface area contributed by atoms with Crippen LogP contribution in [0, 0.1) is 0 Å². The number of hydrogen-bond acceptors (Lipinski definition) is 13. The van der Waals surface area contributed by atoms with Gasteiger partial charge in [0.2, 0.25) is 12.0 Å². The summed E-state index contributed by atoms with van der Waals surface area (Å²) in [6.07, 6.45) is -8.10. The molecule has 0 saturated carbocycles. The first kappa shape index (κ1) is 40.6. The van der Waals surface area contributed by atoms with Gasteiger partial charge in [-0.3, -0.25) is 4.79 Å². The van der Waals surface area contributed by atoms with Crippen LogP contribution in [-0.4, -0.2) is 77.8 Å². The summed E-state index contributed by atoms with van der Waals surface area (Å²) in [4.78, 5) is 81.1. The summed E-state index contributed by atoms with van der Waals surface area (Å²) < 4.78 is 29.4. The fraction of sp³-hybridized carbons (Fsp3) is 0.140. The lowest BCUT2D eigenvalue weighted by molar-refractivity contribution is -0.123. The molecule has 0 saturated heterocycles. The van der Waals surface area contributed by atoms with E-state index in [1.54, 1.807) is 66.7 Å². The third-order valence-electron chi connectivity index (χ3n) is 8.07. The molecule has 0 aliphatic carbocycles. The summed E-state index contributed by atoms with van der Waals surface area (Å²) in [5.41, 5.74) is 0.0913. The number of benzene rings is 5. The van der Waals surface area contributed by atoms with E-state index in [4.69, 9.17) is 23.7 Å². The minimum Gasteiger partial charge on any atom is -0.458 e. The molecule has 14 nitrogen and oxygen atoms in total. The highest BCUT2D eigenvalue weighted by Gasteiger charge is 2.48. The van der Waals surface area contributed by atoms with Crippen molar-refractivity contribution in [2.24, 2.45) is 5.16 Å². The van der Waals surface area contributed by atoms with Crippen molar-refractivity contribution in [2.45, 2.75) is 31.3 Å². The minimum absolute atomic E-state index is 0.0132. The second-order valence-electron chi connectivity index (χ2n) is 12.1. The van der Waals surface area contributed by atoms with Gasteiger partial charge in [0.1, 0.15) is 6.61 Å². The summed E-state index contributed by atoms with van der Waals surface area (Å²) in [5.74, 6) is -6.62. The molecule has 0 aliphatic rings. The summed E-state index contributed by atoms with van der Waals surface area (Å²) >= 11 is 0. The molecule has 4 atom stereocenters. The van der Waals surface area contributed by atoms with Crippen molar-refractivity contribution in [1.29, 1.82) is 0 Å². The zero-order valence-corrected chi connectivity index (χ0v) is 30.3. The van der Waals surface area contributed by atoms with E-state index in [9.17, 15) is 34.0 Å². The highest BCUT2D eigenvalue weighted by atomic mass is 16.6. The predicted molar refractivity (Wildman–Crippen MR) is 202 cm³/mol. The molecule has 0 aliphatic heterocycles. The third kappa shape index (κ3) is 11.4. The maximum Gasteiger partial charge on any atom is 0.338 e. The Morgan fingerprint density at radius 3 is 1.19 bits per heavy atom. The summed E-state index contributed by atoms with van der Waals surface area (Å²) in [6.45, 7) is 0.232. The number of oxime groups is 1. The average molecular weight is 773 g/mol. The molecule has 0 aromatic heterocycles. The number of hydrogen-bond donors (Lipinski definition) is 2. The van der Waals surface area contributed by atoms with Gasteiger partial charge in [-0.1, -0.05) is 96.2 Å². The van der Waals surface area contributed by atoms with Crippen LogP contribution >= 0.6 is 0 Å². The molecular formula is C43H36N2O12. The summed E-state index contributed by atoms with van der Waals surface area (Å²) in [7, 11) is 0. The first-order valence-corrected chi connectivity index (χ1v) is 17.4. The molecule has 0 radical (unpaired) electrons. The molecule has 0 bridgehead atoms. The van der Waals surface area contributed by atoms with Crippen LogP contribution in [0.4, 0.5) is 0 Å².